The van der Waals surface area contributed by atoms with E-state index < -0.39 is 18.2 Å². The number of carbonyl (C=O) groups excluding carboxylic acids is 2. The Labute approximate surface area is 44.7 Å². The van der Waals surface area contributed by atoms with Gasteiger partial charge in [0.05, 0.1) is 0 Å². The molecule has 0 spiro atoms. The second kappa shape index (κ2) is 1.45. The molecule has 1 heterocycles. The molecular weight excluding hydrogens is 112 g/mol. The smallest absolute Gasteiger partial charge is 0.323 e. The highest BCUT2D eigenvalue weighted by Gasteiger charge is 2.26. The third-order valence-electron chi connectivity index (χ3n) is 0.753. The second-order valence-electron chi connectivity index (χ2n) is 1.37. The number of urea groups is 1. The molecule has 3 N–H and O–H groups in total. The average molecular weight is 116 g/mol. The van der Waals surface area contributed by atoms with Gasteiger partial charge in [-0.15, -0.1) is 0 Å². The van der Waals surface area contributed by atoms with Gasteiger partial charge in [0.25, 0.3) is 5.91 Å². The van der Waals surface area contributed by atoms with Crippen molar-refractivity contribution in [1.82, 2.24) is 10.6 Å². The molecule has 1 aliphatic rings. The summed E-state index contributed by atoms with van der Waals surface area (Å²) in [7, 11) is 0. The predicted octanol–water partition coefficient (Wildman–Crippen LogP) is -1.86. The molecule has 5 nitrogen and oxygen atoms in total. The molecule has 8 heavy (non-hydrogen) atoms. The Morgan fingerprint density at radius 3 is 2.25 bits per heavy atom. The van der Waals surface area contributed by atoms with E-state index in [1.165, 1.54) is 0 Å². The number of amides is 3. The van der Waals surface area contributed by atoms with Crippen LogP contribution in [-0.4, -0.2) is 23.3 Å². The molecule has 1 rings (SSSR count). The van der Waals surface area contributed by atoms with Crippen LogP contribution in [0.3, 0.4) is 0 Å². The fourth-order valence-electron chi connectivity index (χ4n) is 0.406. The van der Waals surface area contributed by atoms with Crippen LogP contribution in [0.2, 0.25) is 0 Å². The largest absolute Gasteiger partial charge is 0.365 e. The number of aliphatic hydroxyl groups is 1. The minimum atomic E-state index is -1.36. The Kier molecular flexibility index (Phi) is 0.911. The van der Waals surface area contributed by atoms with Crippen LogP contribution in [0, 0.1) is 0 Å². The molecule has 0 unspecified atom stereocenters. The lowest BCUT2D eigenvalue weighted by Crippen LogP contribution is -2.27. The van der Waals surface area contributed by atoms with Gasteiger partial charge in [-0.05, 0) is 0 Å². The number of hydrogen-bond acceptors (Lipinski definition) is 3. The maximum atomic E-state index is 10.1. The van der Waals surface area contributed by atoms with Gasteiger partial charge in [0.15, 0.2) is 0 Å². The summed E-state index contributed by atoms with van der Waals surface area (Å²) in [6.07, 6.45) is -1.36. The predicted molar refractivity (Wildman–Crippen MR) is 22.7 cm³/mol. The van der Waals surface area contributed by atoms with Gasteiger partial charge in [-0.25, -0.2) is 4.79 Å². The zero-order valence-electron chi connectivity index (χ0n) is 3.84. The molecule has 44 valence electrons. The Morgan fingerprint density at radius 1 is 1.50 bits per heavy atom. The van der Waals surface area contributed by atoms with Crippen molar-refractivity contribution in [1.29, 1.82) is 0 Å². The van der Waals surface area contributed by atoms with E-state index in [2.05, 4.69) is 0 Å². The number of imide groups is 1. The highest BCUT2D eigenvalue weighted by atomic mass is 16.3. The summed E-state index contributed by atoms with van der Waals surface area (Å²) in [4.78, 5) is 20.2. The molecule has 0 aromatic carbocycles. The molecule has 0 aliphatic carbocycles. The molecule has 0 saturated carbocycles. The molecule has 0 aromatic heterocycles. The van der Waals surface area contributed by atoms with Crippen LogP contribution in [0.1, 0.15) is 0 Å². The number of nitrogens with one attached hydrogen (secondary N) is 2. The van der Waals surface area contributed by atoms with Crippen LogP contribution in [0.4, 0.5) is 4.79 Å². The summed E-state index contributed by atoms with van der Waals surface area (Å²) < 4.78 is 0. The van der Waals surface area contributed by atoms with Crippen LogP contribution in [-0.2, 0) is 4.79 Å². The molecule has 1 aliphatic heterocycles. The highest BCUT2D eigenvalue weighted by Crippen LogP contribution is 1.84. The van der Waals surface area contributed by atoms with Gasteiger partial charge in [-0.2, -0.15) is 0 Å². The molecular formula is C3H4N2O3. The van der Waals surface area contributed by atoms with Gasteiger partial charge in [0.2, 0.25) is 6.23 Å². The van der Waals surface area contributed by atoms with Gasteiger partial charge in [0.1, 0.15) is 0 Å². The van der Waals surface area contributed by atoms with Crippen molar-refractivity contribution in [2.75, 3.05) is 0 Å². The molecule has 1 atom stereocenters. The van der Waals surface area contributed by atoms with Gasteiger partial charge < -0.3 is 10.4 Å². The molecule has 5 heteroatoms. The number of aliphatic hydroxyl groups excluding tert-OH is 1. The lowest BCUT2D eigenvalue weighted by Gasteiger charge is -1.90. The SMILES string of the molecule is O=C1NC(=O)[C@@H](O)N1. The average Bonchev–Trinajstić information content (AvgIpc) is 1.85. The van der Waals surface area contributed by atoms with Crippen LogP contribution >= 0.6 is 0 Å². The van der Waals surface area contributed by atoms with Crippen molar-refractivity contribution >= 4 is 11.9 Å². The first-order valence-corrected chi connectivity index (χ1v) is 1.99. The quantitative estimate of drug-likeness (QED) is 0.325. The number of rotatable bonds is 0. The summed E-state index contributed by atoms with van der Waals surface area (Å²) in [5, 5.41) is 12.2. The lowest BCUT2D eigenvalue weighted by molar-refractivity contribution is -0.126. The normalized spacial score (nSPS) is 27.4. The van der Waals surface area contributed by atoms with Crippen molar-refractivity contribution in [3.63, 3.8) is 0 Å². The number of hydrogen-bond donors (Lipinski definition) is 3. The molecule has 1 saturated heterocycles. The van der Waals surface area contributed by atoms with Crippen molar-refractivity contribution in [3.8, 4) is 0 Å². The van der Waals surface area contributed by atoms with E-state index in [0.717, 1.165) is 0 Å². The van der Waals surface area contributed by atoms with Gasteiger partial charge in [-0.1, -0.05) is 0 Å². The van der Waals surface area contributed by atoms with E-state index in [4.69, 9.17) is 5.11 Å². The summed E-state index contributed by atoms with van der Waals surface area (Å²) >= 11 is 0. The van der Waals surface area contributed by atoms with E-state index in [1.807, 2.05) is 10.6 Å². The Bertz CT molecular complexity index is 143. The summed E-state index contributed by atoms with van der Waals surface area (Å²) in [6, 6.07) is -0.650. The van der Waals surface area contributed by atoms with Crippen LogP contribution in [0.15, 0.2) is 0 Å². The summed E-state index contributed by atoms with van der Waals surface area (Å²) in [5.41, 5.74) is 0. The Hall–Kier alpha value is -1.10. The minimum Gasteiger partial charge on any atom is -0.365 e. The fourth-order valence-corrected chi connectivity index (χ4v) is 0.406. The molecule has 0 bridgehead atoms. The molecule has 0 radical (unpaired) electrons. The van der Waals surface area contributed by atoms with E-state index >= 15 is 0 Å². The van der Waals surface area contributed by atoms with Crippen molar-refractivity contribution in [2.24, 2.45) is 0 Å². The van der Waals surface area contributed by atoms with E-state index in [-0.39, 0.29) is 0 Å². The monoisotopic (exact) mass is 116 g/mol. The zero-order chi connectivity index (χ0) is 6.15. The molecule has 3 amide bonds. The lowest BCUT2D eigenvalue weighted by atomic mass is 10.6. The van der Waals surface area contributed by atoms with E-state index in [9.17, 15) is 9.59 Å². The fraction of sp³-hybridized carbons (Fsp3) is 0.333. The van der Waals surface area contributed by atoms with Crippen molar-refractivity contribution in [2.45, 2.75) is 6.23 Å². The maximum Gasteiger partial charge on any atom is 0.323 e. The standard InChI is InChI=1S/C3H4N2O3/c6-1-2(7)5-3(8)4-1/h1,6H,(H2,4,5,7,8)/t1-/m1/s1. The Morgan fingerprint density at radius 2 is 2.12 bits per heavy atom. The summed E-state index contributed by atoms with van der Waals surface area (Å²) in [5.74, 6) is -0.699. The topological polar surface area (TPSA) is 78.4 Å². The third-order valence-corrected chi connectivity index (χ3v) is 0.753. The van der Waals surface area contributed by atoms with Crippen LogP contribution in [0.25, 0.3) is 0 Å². The number of carbonyl (C=O) groups is 2. The molecule has 1 fully saturated rings. The van der Waals surface area contributed by atoms with Crippen LogP contribution in [0.5, 0.6) is 0 Å². The summed E-state index contributed by atoms with van der Waals surface area (Å²) in [6.45, 7) is 0. The highest BCUT2D eigenvalue weighted by molar-refractivity contribution is 6.03. The Balaban J connectivity index is 2.64. The second-order valence-corrected chi connectivity index (χ2v) is 1.37. The van der Waals surface area contributed by atoms with E-state index in [1.54, 1.807) is 0 Å². The first-order valence-electron chi connectivity index (χ1n) is 1.99. The maximum absolute atomic E-state index is 10.1. The van der Waals surface area contributed by atoms with Crippen molar-refractivity contribution < 1.29 is 14.7 Å². The van der Waals surface area contributed by atoms with Gasteiger partial charge in [0, 0.05) is 0 Å². The molecule has 0 aromatic rings. The minimum absolute atomic E-state index is 0.650. The van der Waals surface area contributed by atoms with Crippen LogP contribution < -0.4 is 10.6 Å². The zero-order valence-corrected chi connectivity index (χ0v) is 3.84. The third kappa shape index (κ3) is 0.627. The van der Waals surface area contributed by atoms with Gasteiger partial charge >= 0.3 is 6.03 Å². The van der Waals surface area contributed by atoms with Gasteiger partial charge in [-0.3, -0.25) is 10.1 Å². The van der Waals surface area contributed by atoms with Crippen molar-refractivity contribution in [3.05, 3.63) is 0 Å². The van der Waals surface area contributed by atoms with E-state index in [0.29, 0.717) is 0 Å². The first kappa shape index (κ1) is 5.04. The first-order chi connectivity index (χ1) is 3.70.